The van der Waals surface area contributed by atoms with Crippen molar-refractivity contribution in [3.63, 3.8) is 0 Å². The molecule has 1 amide bonds. The maximum Gasteiger partial charge on any atom is 0.223 e. The van der Waals surface area contributed by atoms with E-state index >= 15 is 0 Å². The molecule has 2 heteroatoms. The normalized spacial score (nSPS) is 18.1. The van der Waals surface area contributed by atoms with E-state index in [2.05, 4.69) is 19.2 Å². The molecule has 0 heterocycles. The van der Waals surface area contributed by atoms with Crippen LogP contribution in [0.25, 0.3) is 0 Å². The third-order valence-corrected chi connectivity index (χ3v) is 3.70. The second-order valence-electron chi connectivity index (χ2n) is 4.76. The minimum absolute atomic E-state index is 0.307. The highest BCUT2D eigenvalue weighted by molar-refractivity contribution is 5.78. The maximum atomic E-state index is 11.8. The van der Waals surface area contributed by atoms with E-state index in [9.17, 15) is 4.79 Å². The van der Waals surface area contributed by atoms with Crippen LogP contribution in [-0.2, 0) is 4.79 Å². The van der Waals surface area contributed by atoms with Crippen molar-refractivity contribution in [2.24, 2.45) is 11.8 Å². The van der Waals surface area contributed by atoms with Crippen LogP contribution in [0.3, 0.4) is 0 Å². The Hall–Kier alpha value is -0.530. The molecule has 0 radical (unpaired) electrons. The summed E-state index contributed by atoms with van der Waals surface area (Å²) in [6.07, 6.45) is 8.34. The largest absolute Gasteiger partial charge is 0.356 e. The predicted octanol–water partition coefficient (Wildman–Crippen LogP) is 3.12. The second kappa shape index (κ2) is 6.86. The molecule has 1 aliphatic rings. The monoisotopic (exact) mass is 211 g/mol. The highest BCUT2D eigenvalue weighted by Gasteiger charge is 2.20. The van der Waals surface area contributed by atoms with E-state index in [0.29, 0.717) is 17.7 Å². The first-order valence-corrected chi connectivity index (χ1v) is 6.55. The third kappa shape index (κ3) is 4.23. The van der Waals surface area contributed by atoms with Crippen LogP contribution in [0.1, 0.15) is 58.8 Å². The molecule has 0 bridgehead atoms. The summed E-state index contributed by atoms with van der Waals surface area (Å²) in [6.45, 7) is 5.27. The van der Waals surface area contributed by atoms with Gasteiger partial charge < -0.3 is 5.32 Å². The first kappa shape index (κ1) is 12.5. The van der Waals surface area contributed by atoms with Crippen molar-refractivity contribution in [1.29, 1.82) is 0 Å². The van der Waals surface area contributed by atoms with E-state index in [4.69, 9.17) is 0 Å². The molecule has 15 heavy (non-hydrogen) atoms. The van der Waals surface area contributed by atoms with Gasteiger partial charge >= 0.3 is 0 Å². The fourth-order valence-electron chi connectivity index (χ4n) is 2.33. The van der Waals surface area contributed by atoms with E-state index < -0.39 is 0 Å². The lowest BCUT2D eigenvalue weighted by molar-refractivity contribution is -0.126. The first-order valence-electron chi connectivity index (χ1n) is 6.55. The standard InChI is InChI=1S/C13H25NO/c1-3-11(4-2)10-14-13(15)12-8-6-5-7-9-12/h11-12H,3-10H2,1-2H3,(H,14,15). The number of carbonyl (C=O) groups is 1. The molecule has 1 N–H and O–H groups in total. The molecule has 0 aromatic rings. The maximum absolute atomic E-state index is 11.8. The van der Waals surface area contributed by atoms with Crippen LogP contribution in [0, 0.1) is 11.8 Å². The molecule has 1 aliphatic carbocycles. The zero-order valence-electron chi connectivity index (χ0n) is 10.2. The van der Waals surface area contributed by atoms with E-state index in [1.807, 2.05) is 0 Å². The summed E-state index contributed by atoms with van der Waals surface area (Å²) in [5, 5.41) is 3.12. The van der Waals surface area contributed by atoms with Crippen molar-refractivity contribution in [3.8, 4) is 0 Å². The molecule has 0 spiro atoms. The Bertz CT molecular complexity index is 181. The number of nitrogens with one attached hydrogen (secondary N) is 1. The Kier molecular flexibility index (Phi) is 5.74. The Morgan fingerprint density at radius 2 is 1.80 bits per heavy atom. The van der Waals surface area contributed by atoms with E-state index in [-0.39, 0.29) is 0 Å². The van der Waals surface area contributed by atoms with E-state index in [1.165, 1.54) is 32.1 Å². The summed E-state index contributed by atoms with van der Waals surface area (Å²) in [4.78, 5) is 11.8. The molecule has 1 rings (SSSR count). The quantitative estimate of drug-likeness (QED) is 0.743. The van der Waals surface area contributed by atoms with Gasteiger partial charge in [0, 0.05) is 12.5 Å². The van der Waals surface area contributed by atoms with Crippen LogP contribution in [-0.4, -0.2) is 12.5 Å². The van der Waals surface area contributed by atoms with Crippen LogP contribution < -0.4 is 5.32 Å². The van der Waals surface area contributed by atoms with Gasteiger partial charge in [0.25, 0.3) is 0 Å². The van der Waals surface area contributed by atoms with Gasteiger partial charge in [-0.05, 0) is 18.8 Å². The van der Waals surface area contributed by atoms with Gasteiger partial charge in [0.05, 0.1) is 0 Å². The minimum atomic E-state index is 0.307. The molecule has 0 aliphatic heterocycles. The van der Waals surface area contributed by atoms with Crippen molar-refractivity contribution < 1.29 is 4.79 Å². The van der Waals surface area contributed by atoms with Crippen LogP contribution in [0.4, 0.5) is 0 Å². The fraction of sp³-hybridized carbons (Fsp3) is 0.923. The summed E-state index contributed by atoms with van der Waals surface area (Å²) in [5.74, 6) is 1.28. The zero-order valence-corrected chi connectivity index (χ0v) is 10.2. The van der Waals surface area contributed by atoms with Gasteiger partial charge in [0.2, 0.25) is 5.91 Å². The molecule has 88 valence electrons. The summed E-state index contributed by atoms with van der Waals surface area (Å²) in [7, 11) is 0. The number of rotatable bonds is 5. The molecular weight excluding hydrogens is 186 g/mol. The lowest BCUT2D eigenvalue weighted by atomic mass is 9.88. The smallest absolute Gasteiger partial charge is 0.223 e. The lowest BCUT2D eigenvalue weighted by Crippen LogP contribution is -2.35. The van der Waals surface area contributed by atoms with Gasteiger partial charge in [-0.2, -0.15) is 0 Å². The topological polar surface area (TPSA) is 29.1 Å². The molecule has 0 aromatic heterocycles. The highest BCUT2D eigenvalue weighted by Crippen LogP contribution is 2.23. The van der Waals surface area contributed by atoms with Crippen molar-refractivity contribution in [2.45, 2.75) is 58.8 Å². The fourth-order valence-corrected chi connectivity index (χ4v) is 2.33. The number of hydrogen-bond donors (Lipinski definition) is 1. The van der Waals surface area contributed by atoms with Gasteiger partial charge in [-0.1, -0.05) is 46.0 Å². The highest BCUT2D eigenvalue weighted by atomic mass is 16.1. The predicted molar refractivity (Wildman–Crippen MR) is 63.7 cm³/mol. The van der Waals surface area contributed by atoms with Gasteiger partial charge in [-0.25, -0.2) is 0 Å². The summed E-state index contributed by atoms with van der Waals surface area (Å²) >= 11 is 0. The molecule has 0 saturated heterocycles. The summed E-state index contributed by atoms with van der Waals surface area (Å²) in [5.41, 5.74) is 0. The Balaban J connectivity index is 2.22. The molecule has 0 unspecified atom stereocenters. The zero-order chi connectivity index (χ0) is 11.1. The van der Waals surface area contributed by atoms with Gasteiger partial charge in [0.15, 0.2) is 0 Å². The van der Waals surface area contributed by atoms with Crippen molar-refractivity contribution in [1.82, 2.24) is 5.32 Å². The van der Waals surface area contributed by atoms with Gasteiger partial charge in [-0.3, -0.25) is 4.79 Å². The third-order valence-electron chi connectivity index (χ3n) is 3.70. The van der Waals surface area contributed by atoms with Crippen molar-refractivity contribution in [2.75, 3.05) is 6.54 Å². The molecule has 1 fully saturated rings. The Morgan fingerprint density at radius 3 is 2.33 bits per heavy atom. The van der Waals surface area contributed by atoms with Crippen LogP contribution >= 0.6 is 0 Å². The van der Waals surface area contributed by atoms with Gasteiger partial charge in [-0.15, -0.1) is 0 Å². The first-order chi connectivity index (χ1) is 7.27. The molecule has 2 nitrogen and oxygen atoms in total. The number of hydrogen-bond acceptors (Lipinski definition) is 1. The molecule has 0 aromatic carbocycles. The average molecular weight is 211 g/mol. The SMILES string of the molecule is CCC(CC)CNC(=O)C1CCCCC1. The summed E-state index contributed by atoms with van der Waals surface area (Å²) < 4.78 is 0. The Morgan fingerprint density at radius 1 is 1.20 bits per heavy atom. The molecule has 0 atom stereocenters. The number of carbonyl (C=O) groups excluding carboxylic acids is 1. The second-order valence-corrected chi connectivity index (χ2v) is 4.76. The van der Waals surface area contributed by atoms with E-state index in [1.54, 1.807) is 0 Å². The van der Waals surface area contributed by atoms with Crippen molar-refractivity contribution >= 4 is 5.91 Å². The van der Waals surface area contributed by atoms with Crippen LogP contribution in [0.15, 0.2) is 0 Å². The minimum Gasteiger partial charge on any atom is -0.356 e. The molecular formula is C13H25NO. The number of amides is 1. The average Bonchev–Trinajstić information content (AvgIpc) is 2.31. The molecule has 1 saturated carbocycles. The van der Waals surface area contributed by atoms with E-state index in [0.717, 1.165) is 19.4 Å². The lowest BCUT2D eigenvalue weighted by Gasteiger charge is -2.22. The summed E-state index contributed by atoms with van der Waals surface area (Å²) in [6, 6.07) is 0. The Labute approximate surface area is 93.8 Å². The van der Waals surface area contributed by atoms with Crippen LogP contribution in [0.2, 0.25) is 0 Å². The van der Waals surface area contributed by atoms with Gasteiger partial charge in [0.1, 0.15) is 0 Å². The van der Waals surface area contributed by atoms with Crippen LogP contribution in [0.5, 0.6) is 0 Å². The van der Waals surface area contributed by atoms with Crippen molar-refractivity contribution in [3.05, 3.63) is 0 Å².